The van der Waals surface area contributed by atoms with Gasteiger partial charge >= 0.3 is 0 Å². The minimum absolute atomic E-state index is 0.0383. The fourth-order valence-electron chi connectivity index (χ4n) is 3.10. The van der Waals surface area contributed by atoms with Crippen molar-refractivity contribution >= 4 is 40.7 Å². The molecule has 0 heterocycles. The first-order valence-corrected chi connectivity index (χ1v) is 9.33. The number of halogens is 2. The lowest BCUT2D eigenvalue weighted by atomic mass is 9.86. The molecule has 0 aliphatic heterocycles. The average Bonchev–Trinajstić information content (AvgIpc) is 2.52. The highest BCUT2D eigenvalue weighted by atomic mass is 35.5. The summed E-state index contributed by atoms with van der Waals surface area (Å²) in [5.74, 6) is 0.268. The van der Waals surface area contributed by atoms with Crippen molar-refractivity contribution in [3.63, 3.8) is 0 Å². The lowest BCUT2D eigenvalue weighted by Crippen LogP contribution is -2.46. The molecule has 2 rings (SSSR count). The van der Waals surface area contributed by atoms with Crippen molar-refractivity contribution in [3.05, 3.63) is 28.2 Å². The topological polar surface area (TPSA) is 61.4 Å². The Balaban J connectivity index is 1.76. The fraction of sp³-hybridized carbons (Fsp3) is 0.556. The van der Waals surface area contributed by atoms with E-state index in [0.29, 0.717) is 21.7 Å². The quantitative estimate of drug-likeness (QED) is 0.786. The molecule has 1 fully saturated rings. The zero-order chi connectivity index (χ0) is 18.4. The first-order valence-electron chi connectivity index (χ1n) is 8.58. The smallest absolute Gasteiger partial charge is 0.238 e. The Labute approximate surface area is 159 Å². The number of amides is 2. The molecule has 2 amide bonds. The fourth-order valence-corrected chi connectivity index (χ4v) is 3.40. The third-order valence-corrected chi connectivity index (χ3v) is 5.23. The standard InChI is InChI=1S/C18H25Cl2N3O2/c1-12-5-3-4-6-16(12)22-18(25)11-23(2)10-17(24)21-13-7-8-14(19)15(20)9-13/h7-9,12,16H,3-6,10-11H2,1-2H3,(H,21,24)(H,22,25)/t12-,16-/m0/s1. The van der Waals surface area contributed by atoms with Crippen molar-refractivity contribution in [1.82, 2.24) is 10.2 Å². The number of carbonyl (C=O) groups is 2. The van der Waals surface area contributed by atoms with Crippen LogP contribution in [-0.2, 0) is 9.59 Å². The number of anilines is 1. The summed E-state index contributed by atoms with van der Waals surface area (Å²) in [5, 5.41) is 6.66. The largest absolute Gasteiger partial charge is 0.352 e. The molecule has 1 aliphatic rings. The van der Waals surface area contributed by atoms with Crippen LogP contribution in [0.5, 0.6) is 0 Å². The molecule has 0 unspecified atom stereocenters. The molecule has 5 nitrogen and oxygen atoms in total. The van der Waals surface area contributed by atoms with Crippen molar-refractivity contribution in [3.8, 4) is 0 Å². The minimum Gasteiger partial charge on any atom is -0.352 e. The van der Waals surface area contributed by atoms with E-state index in [9.17, 15) is 9.59 Å². The van der Waals surface area contributed by atoms with Crippen LogP contribution < -0.4 is 10.6 Å². The number of rotatable bonds is 6. The van der Waals surface area contributed by atoms with E-state index in [2.05, 4.69) is 17.6 Å². The van der Waals surface area contributed by atoms with Crippen LogP contribution in [0.25, 0.3) is 0 Å². The monoisotopic (exact) mass is 385 g/mol. The summed E-state index contributed by atoms with van der Waals surface area (Å²) in [6.07, 6.45) is 4.60. The van der Waals surface area contributed by atoms with E-state index >= 15 is 0 Å². The summed E-state index contributed by atoms with van der Waals surface area (Å²) in [6, 6.07) is 5.16. The zero-order valence-corrected chi connectivity index (χ0v) is 16.2. The van der Waals surface area contributed by atoms with E-state index in [1.165, 1.54) is 6.42 Å². The van der Waals surface area contributed by atoms with Crippen molar-refractivity contribution in [2.24, 2.45) is 5.92 Å². The van der Waals surface area contributed by atoms with Crippen LogP contribution in [0.4, 0.5) is 5.69 Å². The Kier molecular flexibility index (Phi) is 7.54. The third kappa shape index (κ3) is 6.49. The van der Waals surface area contributed by atoms with Crippen molar-refractivity contribution in [2.75, 3.05) is 25.5 Å². The molecular formula is C18H25Cl2N3O2. The number of carbonyl (C=O) groups excluding carboxylic acids is 2. The van der Waals surface area contributed by atoms with Gasteiger partial charge in [0.05, 0.1) is 23.1 Å². The summed E-state index contributed by atoms with van der Waals surface area (Å²) >= 11 is 11.8. The number of hydrogen-bond donors (Lipinski definition) is 2. The molecule has 0 bridgehead atoms. The van der Waals surface area contributed by atoms with E-state index in [4.69, 9.17) is 23.2 Å². The number of nitrogens with zero attached hydrogens (tertiary/aromatic N) is 1. The summed E-state index contributed by atoms with van der Waals surface area (Å²) in [4.78, 5) is 25.9. The first-order chi connectivity index (χ1) is 11.8. The molecule has 0 spiro atoms. The van der Waals surface area contributed by atoms with Crippen LogP contribution in [0, 0.1) is 5.92 Å². The van der Waals surface area contributed by atoms with Gasteiger partial charge < -0.3 is 10.6 Å². The SMILES string of the molecule is C[C@H]1CCCC[C@@H]1NC(=O)CN(C)CC(=O)Nc1ccc(Cl)c(Cl)c1. The zero-order valence-electron chi connectivity index (χ0n) is 14.6. The summed E-state index contributed by atoms with van der Waals surface area (Å²) in [5.41, 5.74) is 0.577. The van der Waals surface area contributed by atoms with E-state index in [-0.39, 0.29) is 30.9 Å². The maximum atomic E-state index is 12.2. The van der Waals surface area contributed by atoms with E-state index < -0.39 is 0 Å². The molecule has 1 aliphatic carbocycles. The van der Waals surface area contributed by atoms with E-state index in [1.807, 2.05) is 0 Å². The first kappa shape index (κ1) is 20.0. The maximum Gasteiger partial charge on any atom is 0.238 e. The number of nitrogens with one attached hydrogen (secondary N) is 2. The van der Waals surface area contributed by atoms with Crippen molar-refractivity contribution < 1.29 is 9.59 Å². The molecule has 0 saturated heterocycles. The van der Waals surface area contributed by atoms with Gasteiger partial charge in [0.1, 0.15) is 0 Å². The second-order valence-electron chi connectivity index (χ2n) is 6.79. The van der Waals surface area contributed by atoms with E-state index in [0.717, 1.165) is 19.3 Å². The highest BCUT2D eigenvalue weighted by Crippen LogP contribution is 2.25. The predicted octanol–water partition coefficient (Wildman–Crippen LogP) is 3.56. The lowest BCUT2D eigenvalue weighted by Gasteiger charge is -2.30. The molecule has 2 N–H and O–H groups in total. The average molecular weight is 386 g/mol. The molecule has 25 heavy (non-hydrogen) atoms. The molecule has 0 aromatic heterocycles. The number of hydrogen-bond acceptors (Lipinski definition) is 3. The van der Waals surface area contributed by atoms with Crippen LogP contribution in [0.15, 0.2) is 18.2 Å². The third-order valence-electron chi connectivity index (χ3n) is 4.49. The molecule has 7 heteroatoms. The highest BCUT2D eigenvalue weighted by molar-refractivity contribution is 6.42. The van der Waals surface area contributed by atoms with Gasteiger partial charge in [-0.05, 0) is 44.0 Å². The van der Waals surface area contributed by atoms with Crippen LogP contribution >= 0.6 is 23.2 Å². The Morgan fingerprint density at radius 3 is 2.48 bits per heavy atom. The molecule has 1 aromatic carbocycles. The predicted molar refractivity (Wildman–Crippen MR) is 102 cm³/mol. The highest BCUT2D eigenvalue weighted by Gasteiger charge is 2.23. The van der Waals surface area contributed by atoms with Gasteiger partial charge in [-0.3, -0.25) is 14.5 Å². The van der Waals surface area contributed by atoms with Crippen LogP contribution in [0.2, 0.25) is 10.0 Å². The van der Waals surface area contributed by atoms with Gasteiger partial charge in [0.2, 0.25) is 11.8 Å². The molecule has 138 valence electrons. The van der Waals surface area contributed by atoms with Gasteiger partial charge in [0.15, 0.2) is 0 Å². The van der Waals surface area contributed by atoms with Crippen molar-refractivity contribution in [1.29, 1.82) is 0 Å². The van der Waals surface area contributed by atoms with Gasteiger partial charge in [0.25, 0.3) is 0 Å². The normalized spacial score (nSPS) is 20.4. The Morgan fingerprint density at radius 2 is 1.80 bits per heavy atom. The van der Waals surface area contributed by atoms with Gasteiger partial charge in [-0.2, -0.15) is 0 Å². The number of likely N-dealkylation sites (N-methyl/N-ethyl adjacent to an activating group) is 1. The van der Waals surface area contributed by atoms with Crippen LogP contribution in [-0.4, -0.2) is 42.9 Å². The molecular weight excluding hydrogens is 361 g/mol. The molecule has 1 aromatic rings. The van der Waals surface area contributed by atoms with Gasteiger partial charge in [-0.15, -0.1) is 0 Å². The van der Waals surface area contributed by atoms with Crippen LogP contribution in [0.1, 0.15) is 32.6 Å². The Morgan fingerprint density at radius 1 is 1.12 bits per heavy atom. The van der Waals surface area contributed by atoms with E-state index in [1.54, 1.807) is 30.1 Å². The van der Waals surface area contributed by atoms with Gasteiger partial charge in [-0.25, -0.2) is 0 Å². The van der Waals surface area contributed by atoms with Gasteiger partial charge in [0, 0.05) is 11.7 Å². The Bertz CT molecular complexity index is 624. The summed E-state index contributed by atoms with van der Waals surface area (Å²) in [7, 11) is 1.75. The molecule has 0 radical (unpaired) electrons. The van der Waals surface area contributed by atoms with Crippen molar-refractivity contribution in [2.45, 2.75) is 38.6 Å². The van der Waals surface area contributed by atoms with Crippen LogP contribution in [0.3, 0.4) is 0 Å². The molecule has 1 saturated carbocycles. The second kappa shape index (κ2) is 9.41. The lowest BCUT2D eigenvalue weighted by molar-refractivity contribution is -0.124. The Hall–Kier alpha value is -1.30. The minimum atomic E-state index is -0.209. The second-order valence-corrected chi connectivity index (χ2v) is 7.60. The molecule has 2 atom stereocenters. The van der Waals surface area contributed by atoms with Gasteiger partial charge in [-0.1, -0.05) is 43.0 Å². The maximum absolute atomic E-state index is 12.2. The number of benzene rings is 1. The summed E-state index contributed by atoms with van der Waals surface area (Å²) < 4.78 is 0. The summed E-state index contributed by atoms with van der Waals surface area (Å²) in [6.45, 7) is 2.49.